The standard InChI is InChI=1S/C10H18N2O7S/c1-7(13)12-8(10(15)16)5-20(17,18)6-9(14)11-3-4-19-2/h8H,3-6H2,1-2H3,(H,11,14)(H,12,13)(H,15,16)/t8-/m0/s1. The van der Waals surface area contributed by atoms with Gasteiger partial charge in [-0.25, -0.2) is 13.2 Å². The summed E-state index contributed by atoms with van der Waals surface area (Å²) in [5, 5.41) is 13.1. The SMILES string of the molecule is COCCNC(=O)CS(=O)(=O)C[C@H](NC(C)=O)C(=O)O. The van der Waals surface area contributed by atoms with Crippen molar-refractivity contribution in [2.45, 2.75) is 13.0 Å². The average molecular weight is 310 g/mol. The maximum Gasteiger partial charge on any atom is 0.327 e. The summed E-state index contributed by atoms with van der Waals surface area (Å²) in [5.74, 6) is -4.60. The Bertz CT molecular complexity index is 460. The van der Waals surface area contributed by atoms with Crippen molar-refractivity contribution in [1.29, 1.82) is 0 Å². The van der Waals surface area contributed by atoms with Crippen molar-refractivity contribution >= 4 is 27.6 Å². The summed E-state index contributed by atoms with van der Waals surface area (Å²) in [5.41, 5.74) is 0. The Morgan fingerprint density at radius 2 is 1.90 bits per heavy atom. The van der Waals surface area contributed by atoms with Gasteiger partial charge in [-0.3, -0.25) is 9.59 Å². The Labute approximate surface area is 116 Å². The highest BCUT2D eigenvalue weighted by Crippen LogP contribution is 1.97. The number of carboxylic acids is 1. The molecular weight excluding hydrogens is 292 g/mol. The molecule has 0 aliphatic heterocycles. The van der Waals surface area contributed by atoms with Crippen LogP contribution in [0.1, 0.15) is 6.92 Å². The molecule has 20 heavy (non-hydrogen) atoms. The van der Waals surface area contributed by atoms with E-state index in [0.717, 1.165) is 6.92 Å². The minimum atomic E-state index is -3.96. The minimum absolute atomic E-state index is 0.152. The summed E-state index contributed by atoms with van der Waals surface area (Å²) in [6.07, 6.45) is 0. The van der Waals surface area contributed by atoms with Crippen LogP contribution in [0.2, 0.25) is 0 Å². The highest BCUT2D eigenvalue weighted by Gasteiger charge is 2.27. The normalized spacial score (nSPS) is 12.5. The lowest BCUT2D eigenvalue weighted by atomic mass is 10.3. The number of aliphatic carboxylic acids is 1. The first-order chi connectivity index (χ1) is 9.18. The van der Waals surface area contributed by atoms with Crippen molar-refractivity contribution in [3.8, 4) is 0 Å². The van der Waals surface area contributed by atoms with Crippen LogP contribution in [0, 0.1) is 0 Å². The van der Waals surface area contributed by atoms with Crippen LogP contribution in [0.5, 0.6) is 0 Å². The van der Waals surface area contributed by atoms with Gasteiger partial charge in [0.25, 0.3) is 0 Å². The Kier molecular flexibility index (Phi) is 7.77. The lowest BCUT2D eigenvalue weighted by Gasteiger charge is -2.13. The molecule has 0 aliphatic carbocycles. The molecule has 0 heterocycles. The lowest BCUT2D eigenvalue weighted by Crippen LogP contribution is -2.46. The van der Waals surface area contributed by atoms with Gasteiger partial charge >= 0.3 is 5.97 Å². The number of methoxy groups -OCH3 is 1. The van der Waals surface area contributed by atoms with E-state index < -0.39 is 45.2 Å². The number of sulfone groups is 1. The van der Waals surface area contributed by atoms with Gasteiger partial charge in [0.2, 0.25) is 11.8 Å². The Hall–Kier alpha value is -1.68. The van der Waals surface area contributed by atoms with Gasteiger partial charge in [-0.2, -0.15) is 0 Å². The molecule has 3 N–H and O–H groups in total. The summed E-state index contributed by atoms with van der Waals surface area (Å²) in [6.45, 7) is 1.45. The van der Waals surface area contributed by atoms with Crippen molar-refractivity contribution in [3.05, 3.63) is 0 Å². The van der Waals surface area contributed by atoms with Gasteiger partial charge in [0.05, 0.1) is 12.4 Å². The Morgan fingerprint density at radius 1 is 1.30 bits per heavy atom. The molecule has 1 atom stereocenters. The van der Waals surface area contributed by atoms with Crippen LogP contribution >= 0.6 is 0 Å². The number of hydrogen-bond acceptors (Lipinski definition) is 6. The number of amides is 2. The molecule has 0 radical (unpaired) electrons. The van der Waals surface area contributed by atoms with Gasteiger partial charge in [-0.15, -0.1) is 0 Å². The second-order valence-electron chi connectivity index (χ2n) is 3.99. The third kappa shape index (κ3) is 8.43. The Balaban J connectivity index is 4.51. The number of rotatable bonds is 9. The lowest BCUT2D eigenvalue weighted by molar-refractivity contribution is -0.140. The largest absolute Gasteiger partial charge is 0.480 e. The van der Waals surface area contributed by atoms with Crippen LogP contribution in [0.25, 0.3) is 0 Å². The summed E-state index contributed by atoms with van der Waals surface area (Å²) >= 11 is 0. The molecule has 116 valence electrons. The van der Waals surface area contributed by atoms with Gasteiger partial charge < -0.3 is 20.5 Å². The molecule has 9 nitrogen and oxygen atoms in total. The van der Waals surface area contributed by atoms with Gasteiger partial charge in [0.15, 0.2) is 9.84 Å². The van der Waals surface area contributed by atoms with Crippen LogP contribution in [0.3, 0.4) is 0 Å². The number of hydrogen-bond donors (Lipinski definition) is 3. The molecule has 2 amide bonds. The maximum atomic E-state index is 11.7. The van der Waals surface area contributed by atoms with Gasteiger partial charge in [-0.1, -0.05) is 0 Å². The summed E-state index contributed by atoms with van der Waals surface area (Å²) < 4.78 is 28.0. The Morgan fingerprint density at radius 3 is 2.35 bits per heavy atom. The topological polar surface area (TPSA) is 139 Å². The van der Waals surface area contributed by atoms with E-state index in [1.165, 1.54) is 7.11 Å². The second-order valence-corrected chi connectivity index (χ2v) is 6.10. The first-order valence-electron chi connectivity index (χ1n) is 5.64. The molecule has 0 aromatic heterocycles. The fourth-order valence-electron chi connectivity index (χ4n) is 1.28. The monoisotopic (exact) mass is 310 g/mol. The van der Waals surface area contributed by atoms with Crippen LogP contribution in [-0.2, 0) is 29.0 Å². The van der Waals surface area contributed by atoms with Crippen molar-refractivity contribution in [3.63, 3.8) is 0 Å². The van der Waals surface area contributed by atoms with Gasteiger partial charge in [0, 0.05) is 20.6 Å². The number of carbonyl (C=O) groups is 3. The number of carbonyl (C=O) groups excluding carboxylic acids is 2. The minimum Gasteiger partial charge on any atom is -0.480 e. The maximum absolute atomic E-state index is 11.7. The zero-order valence-corrected chi connectivity index (χ0v) is 12.0. The average Bonchev–Trinajstić information content (AvgIpc) is 2.26. The summed E-state index contributed by atoms with van der Waals surface area (Å²) in [4.78, 5) is 32.9. The van der Waals surface area contributed by atoms with E-state index in [1.54, 1.807) is 0 Å². The molecule has 0 rings (SSSR count). The van der Waals surface area contributed by atoms with Crippen LogP contribution in [0.4, 0.5) is 0 Å². The van der Waals surface area contributed by atoms with Crippen molar-refractivity contribution in [1.82, 2.24) is 10.6 Å². The van der Waals surface area contributed by atoms with Gasteiger partial charge in [0.1, 0.15) is 11.8 Å². The summed E-state index contributed by atoms with van der Waals surface area (Å²) in [6, 6.07) is -1.58. The molecule has 0 bridgehead atoms. The van der Waals surface area contributed by atoms with E-state index in [1.807, 2.05) is 5.32 Å². The number of ether oxygens (including phenoxy) is 1. The van der Waals surface area contributed by atoms with Crippen LogP contribution < -0.4 is 10.6 Å². The van der Waals surface area contributed by atoms with E-state index in [0.29, 0.717) is 0 Å². The molecule has 0 saturated heterocycles. The zero-order chi connectivity index (χ0) is 15.8. The molecule has 0 unspecified atom stereocenters. The molecule has 0 aliphatic rings. The van der Waals surface area contributed by atoms with E-state index >= 15 is 0 Å². The number of nitrogens with one attached hydrogen (secondary N) is 2. The third-order valence-corrected chi connectivity index (χ3v) is 3.62. The molecule has 0 saturated carbocycles. The fraction of sp³-hybridized carbons (Fsp3) is 0.700. The first kappa shape index (κ1) is 18.3. The smallest absolute Gasteiger partial charge is 0.327 e. The zero-order valence-electron chi connectivity index (χ0n) is 11.2. The molecule has 0 aromatic carbocycles. The molecule has 0 spiro atoms. The highest BCUT2D eigenvalue weighted by molar-refractivity contribution is 7.92. The third-order valence-electron chi connectivity index (χ3n) is 2.08. The highest BCUT2D eigenvalue weighted by atomic mass is 32.2. The quantitative estimate of drug-likeness (QED) is 0.409. The molecule has 0 aromatic rings. The fourth-order valence-corrected chi connectivity index (χ4v) is 2.63. The van der Waals surface area contributed by atoms with Crippen molar-refractivity contribution in [2.75, 3.05) is 31.8 Å². The van der Waals surface area contributed by atoms with Crippen LogP contribution in [0.15, 0.2) is 0 Å². The summed E-state index contributed by atoms with van der Waals surface area (Å²) in [7, 11) is -2.53. The first-order valence-corrected chi connectivity index (χ1v) is 7.46. The van der Waals surface area contributed by atoms with Gasteiger partial charge in [-0.05, 0) is 0 Å². The van der Waals surface area contributed by atoms with E-state index in [2.05, 4.69) is 10.1 Å². The van der Waals surface area contributed by atoms with E-state index in [-0.39, 0.29) is 13.2 Å². The molecule has 10 heteroatoms. The predicted molar refractivity (Wildman–Crippen MR) is 68.8 cm³/mol. The van der Waals surface area contributed by atoms with Crippen molar-refractivity contribution in [2.24, 2.45) is 0 Å². The molecule has 0 fully saturated rings. The van der Waals surface area contributed by atoms with Crippen LogP contribution in [-0.4, -0.2) is 69.1 Å². The second kappa shape index (κ2) is 8.48. The van der Waals surface area contributed by atoms with Crippen molar-refractivity contribution < 1.29 is 32.6 Å². The molecular formula is C10H18N2O7S. The van der Waals surface area contributed by atoms with E-state index in [9.17, 15) is 22.8 Å². The van der Waals surface area contributed by atoms with E-state index in [4.69, 9.17) is 5.11 Å². The number of carboxylic acid groups (broad SMARTS) is 1. The predicted octanol–water partition coefficient (Wildman–Crippen LogP) is -2.25.